The summed E-state index contributed by atoms with van der Waals surface area (Å²) in [6, 6.07) is 6.90. The molecule has 2 N–H and O–H groups in total. The largest absolute Gasteiger partial charge is 0.392 e. The summed E-state index contributed by atoms with van der Waals surface area (Å²) < 4.78 is 26.8. The molecule has 0 fully saturated rings. The van der Waals surface area contributed by atoms with E-state index in [0.717, 1.165) is 18.4 Å². The van der Waals surface area contributed by atoms with Crippen LogP contribution in [0.25, 0.3) is 0 Å². The smallest absolute Gasteiger partial charge is 0.240 e. The van der Waals surface area contributed by atoms with Crippen LogP contribution in [0, 0.1) is 5.41 Å². The first kappa shape index (κ1) is 18.1. The molecule has 4 nitrogen and oxygen atoms in total. The van der Waals surface area contributed by atoms with E-state index >= 15 is 0 Å². The van der Waals surface area contributed by atoms with E-state index in [9.17, 15) is 13.5 Å². The molecule has 0 radical (unpaired) electrons. The summed E-state index contributed by atoms with van der Waals surface area (Å²) in [5.74, 6) is 0. The van der Waals surface area contributed by atoms with Crippen molar-refractivity contribution in [3.63, 3.8) is 0 Å². The molecule has 0 saturated carbocycles. The van der Waals surface area contributed by atoms with Crippen molar-refractivity contribution in [2.24, 2.45) is 5.41 Å². The molecule has 1 aromatic carbocycles. The summed E-state index contributed by atoms with van der Waals surface area (Å²) in [7, 11) is -3.55. The van der Waals surface area contributed by atoms with Crippen LogP contribution >= 0.6 is 0 Å². The minimum absolute atomic E-state index is 0.0351. The lowest BCUT2D eigenvalue weighted by molar-refractivity contribution is 0.125. The fourth-order valence-corrected chi connectivity index (χ4v) is 3.27. The van der Waals surface area contributed by atoms with Crippen LogP contribution in [0.1, 0.15) is 46.1 Å². The second-order valence-electron chi connectivity index (χ2n) is 6.66. The highest BCUT2D eigenvalue weighted by Gasteiger charge is 2.20. The molecule has 21 heavy (non-hydrogen) atoms. The van der Waals surface area contributed by atoms with Crippen molar-refractivity contribution < 1.29 is 13.5 Å². The highest BCUT2D eigenvalue weighted by Crippen LogP contribution is 2.20. The fraction of sp³-hybridized carbons (Fsp3) is 0.625. The average Bonchev–Trinajstić information content (AvgIpc) is 2.36. The highest BCUT2D eigenvalue weighted by molar-refractivity contribution is 7.89. The Kier molecular flexibility index (Phi) is 6.38. The van der Waals surface area contributed by atoms with Crippen molar-refractivity contribution in [2.45, 2.75) is 58.0 Å². The quantitative estimate of drug-likeness (QED) is 0.813. The van der Waals surface area contributed by atoms with E-state index in [4.69, 9.17) is 0 Å². The molecule has 0 bridgehead atoms. The Morgan fingerprint density at radius 3 is 2.24 bits per heavy atom. The SMILES string of the molecule is CCCc1ccc(S(=O)(=O)NCC(O)CC(C)(C)C)cc1. The number of nitrogens with one attached hydrogen (secondary N) is 1. The molecule has 0 aromatic heterocycles. The van der Waals surface area contributed by atoms with Gasteiger partial charge in [-0.3, -0.25) is 0 Å². The molecular weight excluding hydrogens is 286 g/mol. The number of benzene rings is 1. The molecule has 0 amide bonds. The molecule has 120 valence electrons. The molecule has 1 rings (SSSR count). The zero-order valence-electron chi connectivity index (χ0n) is 13.4. The van der Waals surface area contributed by atoms with E-state index in [1.54, 1.807) is 12.1 Å². The maximum atomic E-state index is 12.1. The molecule has 0 aliphatic carbocycles. The van der Waals surface area contributed by atoms with Gasteiger partial charge in [-0.2, -0.15) is 0 Å². The molecule has 0 saturated heterocycles. The third kappa shape index (κ3) is 6.59. The van der Waals surface area contributed by atoms with Gasteiger partial charge in [-0.1, -0.05) is 46.2 Å². The third-order valence-electron chi connectivity index (χ3n) is 3.13. The summed E-state index contributed by atoms with van der Waals surface area (Å²) in [5, 5.41) is 9.88. The van der Waals surface area contributed by atoms with Gasteiger partial charge in [-0.15, -0.1) is 0 Å². The molecular formula is C16H27NO3S. The van der Waals surface area contributed by atoms with E-state index in [2.05, 4.69) is 11.6 Å². The van der Waals surface area contributed by atoms with E-state index in [1.165, 1.54) is 0 Å². The molecule has 1 aromatic rings. The molecule has 0 spiro atoms. The topological polar surface area (TPSA) is 66.4 Å². The van der Waals surface area contributed by atoms with Crippen molar-refractivity contribution in [3.8, 4) is 0 Å². The normalized spacial score (nSPS) is 14.1. The Hall–Kier alpha value is -0.910. The number of hydrogen-bond acceptors (Lipinski definition) is 3. The van der Waals surface area contributed by atoms with Gasteiger partial charge in [0.25, 0.3) is 0 Å². The lowest BCUT2D eigenvalue weighted by atomic mass is 9.89. The minimum atomic E-state index is -3.55. The summed E-state index contributed by atoms with van der Waals surface area (Å²) in [4.78, 5) is 0.241. The third-order valence-corrected chi connectivity index (χ3v) is 4.57. The Morgan fingerprint density at radius 2 is 1.76 bits per heavy atom. The van der Waals surface area contributed by atoms with Gasteiger partial charge in [0.1, 0.15) is 0 Å². The monoisotopic (exact) mass is 313 g/mol. The van der Waals surface area contributed by atoms with Crippen molar-refractivity contribution in [1.29, 1.82) is 0 Å². The molecule has 0 aliphatic rings. The van der Waals surface area contributed by atoms with Gasteiger partial charge in [-0.05, 0) is 36.0 Å². The number of rotatable bonds is 7. The maximum absolute atomic E-state index is 12.1. The van der Waals surface area contributed by atoms with Crippen molar-refractivity contribution >= 4 is 10.0 Å². The number of aliphatic hydroxyl groups is 1. The van der Waals surface area contributed by atoms with Crippen LogP contribution in [0.4, 0.5) is 0 Å². The molecule has 0 aliphatic heterocycles. The minimum Gasteiger partial charge on any atom is -0.392 e. The Labute approximate surface area is 128 Å². The second kappa shape index (κ2) is 7.38. The van der Waals surface area contributed by atoms with Crippen LogP contribution in [-0.2, 0) is 16.4 Å². The number of aliphatic hydroxyl groups excluding tert-OH is 1. The summed E-state index contributed by atoms with van der Waals surface area (Å²) in [5.41, 5.74) is 1.09. The van der Waals surface area contributed by atoms with E-state index in [0.29, 0.717) is 6.42 Å². The van der Waals surface area contributed by atoms with Crippen LogP contribution in [0.2, 0.25) is 0 Å². The second-order valence-corrected chi connectivity index (χ2v) is 8.43. The fourth-order valence-electron chi connectivity index (χ4n) is 2.19. The van der Waals surface area contributed by atoms with Gasteiger partial charge in [0.2, 0.25) is 10.0 Å². The first-order valence-electron chi connectivity index (χ1n) is 7.41. The van der Waals surface area contributed by atoms with Crippen LogP contribution in [0.3, 0.4) is 0 Å². The van der Waals surface area contributed by atoms with Crippen molar-refractivity contribution in [3.05, 3.63) is 29.8 Å². The summed E-state index contributed by atoms with van der Waals surface area (Å²) >= 11 is 0. The van der Waals surface area contributed by atoms with Crippen LogP contribution in [-0.4, -0.2) is 26.2 Å². The zero-order chi connectivity index (χ0) is 16.1. The molecule has 1 unspecified atom stereocenters. The van der Waals surface area contributed by atoms with Crippen molar-refractivity contribution in [2.75, 3.05) is 6.54 Å². The Bertz CT molecular complexity index is 530. The van der Waals surface area contributed by atoms with E-state index in [-0.39, 0.29) is 16.9 Å². The molecule has 5 heteroatoms. The Balaban J connectivity index is 2.65. The van der Waals surface area contributed by atoms with E-state index < -0.39 is 16.1 Å². The average molecular weight is 313 g/mol. The van der Waals surface area contributed by atoms with Gasteiger partial charge in [0.15, 0.2) is 0 Å². The van der Waals surface area contributed by atoms with Gasteiger partial charge in [0, 0.05) is 6.54 Å². The van der Waals surface area contributed by atoms with Crippen molar-refractivity contribution in [1.82, 2.24) is 4.72 Å². The first-order chi connectivity index (χ1) is 9.64. The lowest BCUT2D eigenvalue weighted by Gasteiger charge is -2.22. The summed E-state index contributed by atoms with van der Waals surface area (Å²) in [6.45, 7) is 8.16. The molecule has 0 heterocycles. The van der Waals surface area contributed by atoms with Gasteiger partial charge in [-0.25, -0.2) is 13.1 Å². The number of hydrogen-bond donors (Lipinski definition) is 2. The van der Waals surface area contributed by atoms with Crippen LogP contribution in [0.5, 0.6) is 0 Å². The summed E-state index contributed by atoms with van der Waals surface area (Å²) in [6.07, 6.45) is 1.84. The predicted octanol–water partition coefficient (Wildman–Crippen LogP) is 2.71. The van der Waals surface area contributed by atoms with Crippen LogP contribution < -0.4 is 4.72 Å². The predicted molar refractivity (Wildman–Crippen MR) is 85.7 cm³/mol. The highest BCUT2D eigenvalue weighted by atomic mass is 32.2. The van der Waals surface area contributed by atoms with Crippen LogP contribution in [0.15, 0.2) is 29.2 Å². The standard InChI is InChI=1S/C16H27NO3S/c1-5-6-13-7-9-15(10-8-13)21(19,20)17-12-14(18)11-16(2,3)4/h7-10,14,17-18H,5-6,11-12H2,1-4H3. The molecule has 1 atom stereocenters. The maximum Gasteiger partial charge on any atom is 0.240 e. The van der Waals surface area contributed by atoms with E-state index in [1.807, 2.05) is 32.9 Å². The number of aryl methyl sites for hydroxylation is 1. The van der Waals surface area contributed by atoms with Gasteiger partial charge >= 0.3 is 0 Å². The van der Waals surface area contributed by atoms with Gasteiger partial charge in [0.05, 0.1) is 11.0 Å². The van der Waals surface area contributed by atoms with Gasteiger partial charge < -0.3 is 5.11 Å². The number of sulfonamides is 1. The Morgan fingerprint density at radius 1 is 1.19 bits per heavy atom. The lowest BCUT2D eigenvalue weighted by Crippen LogP contribution is -2.34. The zero-order valence-corrected chi connectivity index (χ0v) is 14.2. The first-order valence-corrected chi connectivity index (χ1v) is 8.89.